The lowest BCUT2D eigenvalue weighted by Gasteiger charge is -2.28. The topological polar surface area (TPSA) is 109 Å². The fourth-order valence-corrected chi connectivity index (χ4v) is 4.48. The van der Waals surface area contributed by atoms with Crippen molar-refractivity contribution in [2.75, 3.05) is 6.54 Å². The van der Waals surface area contributed by atoms with E-state index in [0.717, 1.165) is 21.7 Å². The van der Waals surface area contributed by atoms with E-state index >= 15 is 0 Å². The summed E-state index contributed by atoms with van der Waals surface area (Å²) in [4.78, 5) is 32.1. The van der Waals surface area contributed by atoms with Gasteiger partial charge in [0.1, 0.15) is 0 Å². The van der Waals surface area contributed by atoms with E-state index in [0.29, 0.717) is 13.0 Å². The van der Waals surface area contributed by atoms with Gasteiger partial charge in [-0.1, -0.05) is 38.1 Å². The Morgan fingerprint density at radius 2 is 2.00 bits per heavy atom. The van der Waals surface area contributed by atoms with Crippen molar-refractivity contribution in [2.45, 2.75) is 58.3 Å². The highest BCUT2D eigenvalue weighted by atomic mass is 35.5. The summed E-state index contributed by atoms with van der Waals surface area (Å²) in [6.45, 7) is 6.41. The second kappa shape index (κ2) is 11.0. The fourth-order valence-electron chi connectivity index (χ4n) is 3.67. The fraction of sp³-hybridized carbons (Fsp3) is 0.500. The molecule has 1 aliphatic heterocycles. The Labute approximate surface area is 193 Å². The number of nitrogens with one attached hydrogen (secondary N) is 1. The highest BCUT2D eigenvalue weighted by Gasteiger charge is 2.37. The Bertz CT molecular complexity index is 887. The number of benzene rings is 1. The molecule has 9 heteroatoms. The Hall–Kier alpha value is -2.00. The third kappa shape index (κ3) is 6.26. The molecule has 3 rings (SSSR count). The molecule has 2 aromatic rings. The molecular formula is C22H31ClN4O3S. The van der Waals surface area contributed by atoms with Crippen LogP contribution in [-0.4, -0.2) is 51.5 Å². The molecule has 0 aliphatic carbocycles. The largest absolute Gasteiger partial charge is 0.391 e. The van der Waals surface area contributed by atoms with Crippen molar-refractivity contribution in [1.82, 2.24) is 15.2 Å². The summed E-state index contributed by atoms with van der Waals surface area (Å²) in [5.41, 5.74) is 10.9. The van der Waals surface area contributed by atoms with E-state index in [2.05, 4.69) is 10.3 Å². The van der Waals surface area contributed by atoms with E-state index in [1.807, 2.05) is 50.5 Å². The number of aryl methyl sites for hydroxylation is 1. The van der Waals surface area contributed by atoms with Crippen LogP contribution < -0.4 is 11.1 Å². The van der Waals surface area contributed by atoms with Gasteiger partial charge in [0.05, 0.1) is 28.2 Å². The van der Waals surface area contributed by atoms with Crippen molar-refractivity contribution in [3.05, 3.63) is 41.0 Å². The number of nitrogens with two attached hydrogens (primary N) is 1. The standard InChI is InChI=1S/C22H30N4O3S.ClH/c1-13(2)20(23)22(29)26-11-18(27)8-17(26)9-19(28)24-10-15-4-6-16(7-5-15)21-14(3)25-12-30-21;/h4-7,12-13,17-18,20,27H,8-11,23H2,1-3H3,(H,24,28);1H/t17-,18-,20+;/m1./s1. The molecule has 2 heterocycles. The van der Waals surface area contributed by atoms with Crippen LogP contribution in [0.3, 0.4) is 0 Å². The van der Waals surface area contributed by atoms with Crippen molar-refractivity contribution >= 4 is 35.6 Å². The van der Waals surface area contributed by atoms with Gasteiger partial charge in [-0.2, -0.15) is 0 Å². The van der Waals surface area contributed by atoms with Crippen molar-refractivity contribution in [3.63, 3.8) is 0 Å². The summed E-state index contributed by atoms with van der Waals surface area (Å²) in [5.74, 6) is -0.345. The normalized spacial score (nSPS) is 19.2. The molecule has 0 unspecified atom stereocenters. The molecule has 0 radical (unpaired) electrons. The van der Waals surface area contributed by atoms with Gasteiger partial charge in [0, 0.05) is 25.6 Å². The maximum atomic E-state index is 12.6. The van der Waals surface area contributed by atoms with Crippen LogP contribution in [0.15, 0.2) is 29.8 Å². The Morgan fingerprint density at radius 3 is 2.58 bits per heavy atom. The molecule has 1 aromatic heterocycles. The van der Waals surface area contributed by atoms with Crippen molar-refractivity contribution in [1.29, 1.82) is 0 Å². The highest BCUT2D eigenvalue weighted by molar-refractivity contribution is 7.13. The van der Waals surface area contributed by atoms with Gasteiger partial charge in [-0.05, 0) is 30.4 Å². The first kappa shape index (κ1) is 25.3. The molecular weight excluding hydrogens is 436 g/mol. The number of carbonyl (C=O) groups excluding carboxylic acids is 2. The first-order valence-corrected chi connectivity index (χ1v) is 11.1. The first-order chi connectivity index (χ1) is 14.3. The second-order valence-electron chi connectivity index (χ2n) is 8.25. The van der Waals surface area contributed by atoms with E-state index in [9.17, 15) is 14.7 Å². The van der Waals surface area contributed by atoms with Crippen LogP contribution in [0.5, 0.6) is 0 Å². The number of aliphatic hydroxyl groups excluding tert-OH is 1. The monoisotopic (exact) mass is 466 g/mol. The van der Waals surface area contributed by atoms with E-state index in [1.54, 1.807) is 16.2 Å². The maximum Gasteiger partial charge on any atom is 0.240 e. The van der Waals surface area contributed by atoms with Gasteiger partial charge >= 0.3 is 0 Å². The van der Waals surface area contributed by atoms with Crippen LogP contribution in [0.2, 0.25) is 0 Å². The number of β-amino-alcohol motifs (C(OH)–C–C–N with tert-alkyl or cyclic N) is 1. The quantitative estimate of drug-likeness (QED) is 0.580. The second-order valence-corrected chi connectivity index (χ2v) is 9.10. The van der Waals surface area contributed by atoms with Crippen LogP contribution >= 0.6 is 23.7 Å². The summed E-state index contributed by atoms with van der Waals surface area (Å²) in [6.07, 6.45) is -0.0626. The first-order valence-electron chi connectivity index (χ1n) is 10.3. The zero-order valence-electron chi connectivity index (χ0n) is 18.1. The smallest absolute Gasteiger partial charge is 0.240 e. The molecule has 170 valence electrons. The van der Waals surface area contributed by atoms with Gasteiger partial charge in [-0.15, -0.1) is 23.7 Å². The molecule has 3 atom stereocenters. The lowest BCUT2D eigenvalue weighted by molar-refractivity contribution is -0.135. The minimum absolute atomic E-state index is 0. The van der Waals surface area contributed by atoms with Crippen LogP contribution in [-0.2, 0) is 16.1 Å². The predicted octanol–water partition coefficient (Wildman–Crippen LogP) is 2.49. The van der Waals surface area contributed by atoms with Crippen LogP contribution in [0.1, 0.15) is 37.9 Å². The van der Waals surface area contributed by atoms with Gasteiger partial charge in [-0.25, -0.2) is 4.98 Å². The third-order valence-electron chi connectivity index (χ3n) is 5.55. The number of thiazole rings is 1. The molecule has 0 spiro atoms. The number of aliphatic hydroxyl groups is 1. The molecule has 1 aromatic carbocycles. The molecule has 1 saturated heterocycles. The molecule has 0 bridgehead atoms. The number of halogens is 1. The van der Waals surface area contributed by atoms with E-state index in [4.69, 9.17) is 5.73 Å². The molecule has 1 fully saturated rings. The van der Waals surface area contributed by atoms with Crippen molar-refractivity contribution in [3.8, 4) is 10.4 Å². The highest BCUT2D eigenvalue weighted by Crippen LogP contribution is 2.27. The van der Waals surface area contributed by atoms with E-state index in [-0.39, 0.29) is 49.1 Å². The van der Waals surface area contributed by atoms with Crippen molar-refractivity contribution < 1.29 is 14.7 Å². The lowest BCUT2D eigenvalue weighted by atomic mass is 10.0. The number of aromatic nitrogens is 1. The minimum Gasteiger partial charge on any atom is -0.391 e. The summed E-state index contributed by atoms with van der Waals surface area (Å²) in [7, 11) is 0. The minimum atomic E-state index is -0.624. The van der Waals surface area contributed by atoms with Crippen LogP contribution in [0.25, 0.3) is 10.4 Å². The molecule has 7 nitrogen and oxygen atoms in total. The Morgan fingerprint density at radius 1 is 1.32 bits per heavy atom. The number of nitrogens with zero attached hydrogens (tertiary/aromatic N) is 2. The van der Waals surface area contributed by atoms with Crippen molar-refractivity contribution in [2.24, 2.45) is 11.7 Å². The molecule has 1 aliphatic rings. The molecule has 0 saturated carbocycles. The molecule has 4 N–H and O–H groups in total. The number of rotatable bonds is 7. The average molecular weight is 467 g/mol. The third-order valence-corrected chi connectivity index (χ3v) is 6.53. The van der Waals surface area contributed by atoms with Crippen LogP contribution in [0, 0.1) is 12.8 Å². The summed E-state index contributed by atoms with van der Waals surface area (Å²) in [6, 6.07) is 7.10. The molecule has 31 heavy (non-hydrogen) atoms. The number of likely N-dealkylation sites (tertiary alicyclic amines) is 1. The number of carbonyl (C=O) groups is 2. The summed E-state index contributed by atoms with van der Waals surface area (Å²) in [5, 5.41) is 12.9. The number of amides is 2. The zero-order valence-corrected chi connectivity index (χ0v) is 19.7. The Kier molecular flexibility index (Phi) is 9.00. The van der Waals surface area contributed by atoms with Gasteiger partial charge < -0.3 is 21.1 Å². The van der Waals surface area contributed by atoms with Crippen LogP contribution in [0.4, 0.5) is 0 Å². The van der Waals surface area contributed by atoms with E-state index in [1.165, 1.54) is 0 Å². The van der Waals surface area contributed by atoms with Gasteiger partial charge in [0.2, 0.25) is 11.8 Å². The lowest BCUT2D eigenvalue weighted by Crippen LogP contribution is -2.49. The summed E-state index contributed by atoms with van der Waals surface area (Å²) < 4.78 is 0. The SMILES string of the molecule is Cc1ncsc1-c1ccc(CNC(=O)C[C@H]2C[C@@H](O)CN2C(=O)[C@@H](N)C(C)C)cc1.Cl. The summed E-state index contributed by atoms with van der Waals surface area (Å²) >= 11 is 1.61. The maximum absolute atomic E-state index is 12.6. The Balaban J connectivity index is 0.00000341. The average Bonchev–Trinajstić information content (AvgIpc) is 3.30. The van der Waals surface area contributed by atoms with E-state index < -0.39 is 12.1 Å². The van der Waals surface area contributed by atoms with Gasteiger partial charge in [-0.3, -0.25) is 9.59 Å². The number of hydrogen-bond donors (Lipinski definition) is 3. The predicted molar refractivity (Wildman–Crippen MR) is 125 cm³/mol. The molecule has 2 amide bonds. The van der Waals surface area contributed by atoms with Gasteiger partial charge in [0.15, 0.2) is 0 Å². The van der Waals surface area contributed by atoms with Gasteiger partial charge in [0.25, 0.3) is 0 Å². The zero-order chi connectivity index (χ0) is 21.8. The number of hydrogen-bond acceptors (Lipinski definition) is 6.